The molecular weight excluding hydrogens is 423 g/mol. The van der Waals surface area contributed by atoms with E-state index in [4.69, 9.17) is 23.2 Å². The molecule has 0 radical (unpaired) electrons. The van der Waals surface area contributed by atoms with Crippen molar-refractivity contribution in [3.05, 3.63) is 64.8 Å². The number of anilines is 2. The highest BCUT2D eigenvalue weighted by Gasteiger charge is 2.16. The Labute approximate surface area is 185 Å². The van der Waals surface area contributed by atoms with Crippen LogP contribution in [0.25, 0.3) is 10.9 Å². The average Bonchev–Trinajstić information content (AvgIpc) is 2.71. The molecule has 1 heterocycles. The third-order valence-electron chi connectivity index (χ3n) is 4.40. The molecule has 0 saturated heterocycles. The number of nitrogens with one attached hydrogen (secondary N) is 2. The molecule has 0 aliphatic heterocycles. The number of nitrogens with zero attached hydrogens (tertiary/aromatic N) is 2. The van der Waals surface area contributed by atoms with Crippen molar-refractivity contribution in [1.82, 2.24) is 9.88 Å². The van der Waals surface area contributed by atoms with E-state index in [1.165, 1.54) is 0 Å². The molecule has 6 nitrogen and oxygen atoms in total. The number of rotatable bonds is 8. The van der Waals surface area contributed by atoms with Crippen LogP contribution < -0.4 is 10.6 Å². The minimum absolute atomic E-state index is 0.0567. The molecule has 8 heteroatoms. The third kappa shape index (κ3) is 5.92. The molecule has 0 aliphatic carbocycles. The van der Waals surface area contributed by atoms with Crippen LogP contribution in [-0.4, -0.2) is 41.3 Å². The zero-order chi connectivity index (χ0) is 21.5. The van der Waals surface area contributed by atoms with Crippen LogP contribution in [0.5, 0.6) is 0 Å². The molecule has 30 heavy (non-hydrogen) atoms. The predicted molar refractivity (Wildman–Crippen MR) is 122 cm³/mol. The van der Waals surface area contributed by atoms with Crippen LogP contribution in [0.2, 0.25) is 10.0 Å². The molecule has 0 aliphatic rings. The fraction of sp³-hybridized carbons (Fsp3) is 0.227. The molecule has 2 aromatic carbocycles. The number of benzene rings is 2. The maximum atomic E-state index is 12.6. The van der Waals surface area contributed by atoms with E-state index in [2.05, 4.69) is 15.6 Å². The average molecular weight is 445 g/mol. The molecule has 1 aromatic heterocycles. The summed E-state index contributed by atoms with van der Waals surface area (Å²) in [7, 11) is 0. The van der Waals surface area contributed by atoms with Crippen molar-refractivity contribution < 1.29 is 9.59 Å². The van der Waals surface area contributed by atoms with Gasteiger partial charge in [-0.1, -0.05) is 36.2 Å². The number of hydrogen-bond donors (Lipinski definition) is 2. The summed E-state index contributed by atoms with van der Waals surface area (Å²) in [6.07, 6.45) is 2.51. The smallest absolute Gasteiger partial charge is 0.238 e. The molecule has 0 atom stereocenters. The SMILES string of the molecule is CCCN(CC(=O)Nc1cc(Cl)ccc1Cl)CC(=O)Nc1cccc2ncccc12. The van der Waals surface area contributed by atoms with Crippen molar-refractivity contribution in [1.29, 1.82) is 0 Å². The lowest BCUT2D eigenvalue weighted by Gasteiger charge is -2.21. The molecule has 2 N–H and O–H groups in total. The number of carbonyl (C=O) groups is 2. The van der Waals surface area contributed by atoms with E-state index in [-0.39, 0.29) is 24.9 Å². The molecule has 0 bridgehead atoms. The van der Waals surface area contributed by atoms with Gasteiger partial charge in [-0.3, -0.25) is 19.5 Å². The van der Waals surface area contributed by atoms with Crippen LogP contribution >= 0.6 is 23.2 Å². The Morgan fingerprint density at radius 2 is 1.70 bits per heavy atom. The van der Waals surface area contributed by atoms with Gasteiger partial charge in [0.15, 0.2) is 0 Å². The van der Waals surface area contributed by atoms with Gasteiger partial charge in [0.05, 0.1) is 35.0 Å². The first-order chi connectivity index (χ1) is 14.5. The molecular formula is C22H22Cl2N4O2. The lowest BCUT2D eigenvalue weighted by molar-refractivity contribution is -0.120. The van der Waals surface area contributed by atoms with Crippen LogP contribution in [-0.2, 0) is 9.59 Å². The third-order valence-corrected chi connectivity index (χ3v) is 4.96. The highest BCUT2D eigenvalue weighted by atomic mass is 35.5. The van der Waals surface area contributed by atoms with E-state index in [0.717, 1.165) is 17.3 Å². The van der Waals surface area contributed by atoms with Crippen LogP contribution in [0.15, 0.2) is 54.7 Å². The molecule has 3 aromatic rings. The zero-order valence-electron chi connectivity index (χ0n) is 16.5. The zero-order valence-corrected chi connectivity index (χ0v) is 18.0. The largest absolute Gasteiger partial charge is 0.324 e. The van der Waals surface area contributed by atoms with Crippen LogP contribution in [0.3, 0.4) is 0 Å². The Hall–Kier alpha value is -2.67. The first-order valence-electron chi connectivity index (χ1n) is 9.57. The van der Waals surface area contributed by atoms with E-state index < -0.39 is 0 Å². The summed E-state index contributed by atoms with van der Waals surface area (Å²) in [5, 5.41) is 7.41. The number of pyridine rings is 1. The Bertz CT molecular complexity index is 1050. The lowest BCUT2D eigenvalue weighted by Crippen LogP contribution is -2.39. The summed E-state index contributed by atoms with van der Waals surface area (Å²) in [4.78, 5) is 31.2. The van der Waals surface area contributed by atoms with Crippen LogP contribution in [0, 0.1) is 0 Å². The summed E-state index contributed by atoms with van der Waals surface area (Å²) in [5.74, 6) is -0.469. The molecule has 0 unspecified atom stereocenters. The summed E-state index contributed by atoms with van der Waals surface area (Å²) < 4.78 is 0. The normalized spacial score (nSPS) is 10.9. The van der Waals surface area contributed by atoms with Crippen molar-refractivity contribution in [3.8, 4) is 0 Å². The fourth-order valence-electron chi connectivity index (χ4n) is 3.12. The van der Waals surface area contributed by atoms with E-state index >= 15 is 0 Å². The van der Waals surface area contributed by atoms with E-state index in [9.17, 15) is 9.59 Å². The second-order valence-electron chi connectivity index (χ2n) is 6.81. The van der Waals surface area contributed by atoms with Gasteiger partial charge in [0, 0.05) is 16.6 Å². The second-order valence-corrected chi connectivity index (χ2v) is 7.65. The highest BCUT2D eigenvalue weighted by Crippen LogP contribution is 2.25. The Morgan fingerprint density at radius 1 is 0.967 bits per heavy atom. The minimum atomic E-state index is -0.269. The van der Waals surface area contributed by atoms with E-state index in [1.807, 2.05) is 37.3 Å². The first-order valence-corrected chi connectivity index (χ1v) is 10.3. The Morgan fingerprint density at radius 3 is 2.43 bits per heavy atom. The van der Waals surface area contributed by atoms with Gasteiger partial charge in [-0.2, -0.15) is 0 Å². The molecule has 0 spiro atoms. The maximum absolute atomic E-state index is 12.6. The van der Waals surface area contributed by atoms with Gasteiger partial charge in [-0.15, -0.1) is 0 Å². The van der Waals surface area contributed by atoms with Crippen molar-refractivity contribution in [3.63, 3.8) is 0 Å². The number of fused-ring (bicyclic) bond motifs is 1. The monoisotopic (exact) mass is 444 g/mol. The number of halogens is 2. The lowest BCUT2D eigenvalue weighted by atomic mass is 10.2. The van der Waals surface area contributed by atoms with Gasteiger partial charge in [0.2, 0.25) is 11.8 Å². The maximum Gasteiger partial charge on any atom is 0.238 e. The van der Waals surface area contributed by atoms with Crippen molar-refractivity contribution in [2.75, 3.05) is 30.3 Å². The highest BCUT2D eigenvalue weighted by molar-refractivity contribution is 6.35. The quantitative estimate of drug-likeness (QED) is 0.521. The van der Waals surface area contributed by atoms with E-state index in [0.29, 0.717) is 28.0 Å². The van der Waals surface area contributed by atoms with Crippen molar-refractivity contribution in [2.24, 2.45) is 0 Å². The van der Waals surface area contributed by atoms with Gasteiger partial charge in [-0.05, 0) is 55.4 Å². The predicted octanol–water partition coefficient (Wildman–Crippen LogP) is 4.83. The van der Waals surface area contributed by atoms with Gasteiger partial charge >= 0.3 is 0 Å². The number of carbonyl (C=O) groups excluding carboxylic acids is 2. The summed E-state index contributed by atoms with van der Waals surface area (Å²) in [6, 6.07) is 14.2. The molecule has 156 valence electrons. The molecule has 0 saturated carbocycles. The van der Waals surface area contributed by atoms with Crippen molar-refractivity contribution >= 4 is 57.3 Å². The van der Waals surface area contributed by atoms with E-state index in [1.54, 1.807) is 29.3 Å². The Kier molecular flexibility index (Phi) is 7.63. The summed E-state index contributed by atoms with van der Waals surface area (Å²) in [5.41, 5.74) is 1.94. The van der Waals surface area contributed by atoms with Gasteiger partial charge in [0.25, 0.3) is 0 Å². The number of amides is 2. The number of hydrogen-bond acceptors (Lipinski definition) is 4. The van der Waals surface area contributed by atoms with Crippen LogP contribution in [0.4, 0.5) is 11.4 Å². The number of aromatic nitrogens is 1. The summed E-state index contributed by atoms with van der Waals surface area (Å²) in [6.45, 7) is 2.73. The Balaban J connectivity index is 1.63. The fourth-order valence-corrected chi connectivity index (χ4v) is 3.46. The first kappa shape index (κ1) is 22.0. The standard InChI is InChI=1S/C22H22Cl2N4O2/c1-2-11-28(14-22(30)27-20-12-15(23)8-9-17(20)24)13-21(29)26-19-7-3-6-18-16(19)5-4-10-25-18/h3-10,12H,2,11,13-14H2,1H3,(H,26,29)(H,27,30). The molecule has 0 fully saturated rings. The molecule has 3 rings (SSSR count). The second kappa shape index (κ2) is 10.4. The summed E-state index contributed by atoms with van der Waals surface area (Å²) >= 11 is 12.1. The molecule has 2 amide bonds. The van der Waals surface area contributed by atoms with Crippen molar-refractivity contribution in [2.45, 2.75) is 13.3 Å². The van der Waals surface area contributed by atoms with Crippen LogP contribution in [0.1, 0.15) is 13.3 Å². The van der Waals surface area contributed by atoms with Gasteiger partial charge < -0.3 is 10.6 Å². The minimum Gasteiger partial charge on any atom is -0.324 e. The van der Waals surface area contributed by atoms with Gasteiger partial charge in [-0.25, -0.2) is 0 Å². The van der Waals surface area contributed by atoms with Gasteiger partial charge in [0.1, 0.15) is 0 Å². The topological polar surface area (TPSA) is 74.3 Å².